The Morgan fingerprint density at radius 2 is 1.71 bits per heavy atom. The fraction of sp³-hybridized carbons (Fsp3) is 0.278. The zero-order valence-corrected chi connectivity index (χ0v) is 15.6. The fourth-order valence-corrected chi connectivity index (χ4v) is 2.71. The second-order valence-electron chi connectivity index (χ2n) is 5.16. The number of halogens is 1. The zero-order valence-electron chi connectivity index (χ0n) is 14.1. The molecule has 0 heterocycles. The van der Waals surface area contributed by atoms with Crippen LogP contribution in [0, 0.1) is 0 Å². The van der Waals surface area contributed by atoms with Crippen LogP contribution in [0.2, 0.25) is 0 Å². The average molecular weight is 394 g/mol. The van der Waals surface area contributed by atoms with Crippen LogP contribution >= 0.6 is 15.9 Å². The van der Waals surface area contributed by atoms with E-state index in [1.165, 1.54) is 0 Å². The Hall–Kier alpha value is -2.21. The molecule has 0 aliphatic heterocycles. The highest BCUT2D eigenvalue weighted by atomic mass is 79.9. The Morgan fingerprint density at radius 1 is 1.00 bits per heavy atom. The summed E-state index contributed by atoms with van der Waals surface area (Å²) in [6.45, 7) is 1.91. The highest BCUT2D eigenvalue weighted by molar-refractivity contribution is 9.10. The molecule has 1 unspecified atom stereocenters. The predicted molar refractivity (Wildman–Crippen MR) is 96.1 cm³/mol. The summed E-state index contributed by atoms with van der Waals surface area (Å²) >= 11 is 3.40. The van der Waals surface area contributed by atoms with Gasteiger partial charge in [0.15, 0.2) is 11.5 Å². The van der Waals surface area contributed by atoms with Crippen molar-refractivity contribution in [2.75, 3.05) is 21.3 Å². The molecule has 1 amide bonds. The first kappa shape index (κ1) is 18.1. The summed E-state index contributed by atoms with van der Waals surface area (Å²) in [7, 11) is 4.73. The SMILES string of the molecule is COc1ccc(Br)c(C(=O)NC(C)c2ccc(OC)c(OC)c2)c1. The summed E-state index contributed by atoms with van der Waals surface area (Å²) in [5, 5.41) is 2.97. The molecular formula is C18H20BrNO4. The third kappa shape index (κ3) is 4.00. The summed E-state index contributed by atoms with van der Waals surface area (Å²) in [5.74, 6) is 1.71. The maximum Gasteiger partial charge on any atom is 0.253 e. The van der Waals surface area contributed by atoms with Gasteiger partial charge >= 0.3 is 0 Å². The number of rotatable bonds is 6. The Bertz CT molecular complexity index is 733. The van der Waals surface area contributed by atoms with Crippen molar-refractivity contribution in [3.8, 4) is 17.2 Å². The largest absolute Gasteiger partial charge is 0.497 e. The van der Waals surface area contributed by atoms with Gasteiger partial charge in [-0.1, -0.05) is 6.07 Å². The molecule has 1 atom stereocenters. The number of carbonyl (C=O) groups excluding carboxylic acids is 1. The Balaban J connectivity index is 2.20. The molecule has 6 heteroatoms. The lowest BCUT2D eigenvalue weighted by Gasteiger charge is -2.17. The van der Waals surface area contributed by atoms with E-state index in [1.807, 2.05) is 25.1 Å². The molecule has 0 saturated carbocycles. The summed E-state index contributed by atoms with van der Waals surface area (Å²) in [4.78, 5) is 12.5. The number of methoxy groups -OCH3 is 3. The van der Waals surface area contributed by atoms with E-state index >= 15 is 0 Å². The van der Waals surface area contributed by atoms with Gasteiger partial charge in [0.2, 0.25) is 0 Å². The summed E-state index contributed by atoms with van der Waals surface area (Å²) in [6, 6.07) is 10.6. The van der Waals surface area contributed by atoms with Crippen LogP contribution in [0.3, 0.4) is 0 Å². The van der Waals surface area contributed by atoms with Crippen molar-refractivity contribution in [3.63, 3.8) is 0 Å². The van der Waals surface area contributed by atoms with Gasteiger partial charge in [-0.15, -0.1) is 0 Å². The van der Waals surface area contributed by atoms with Crippen LogP contribution in [0.25, 0.3) is 0 Å². The molecule has 5 nitrogen and oxygen atoms in total. The molecule has 0 fully saturated rings. The van der Waals surface area contributed by atoms with E-state index in [2.05, 4.69) is 21.2 Å². The maximum absolute atomic E-state index is 12.5. The van der Waals surface area contributed by atoms with Gasteiger partial charge in [0.05, 0.1) is 32.9 Å². The topological polar surface area (TPSA) is 56.8 Å². The number of hydrogen-bond acceptors (Lipinski definition) is 4. The van der Waals surface area contributed by atoms with Crippen LogP contribution in [-0.2, 0) is 0 Å². The van der Waals surface area contributed by atoms with Gasteiger partial charge in [-0.25, -0.2) is 0 Å². The first-order chi connectivity index (χ1) is 11.5. The van der Waals surface area contributed by atoms with Gasteiger partial charge in [-0.3, -0.25) is 4.79 Å². The third-order valence-electron chi connectivity index (χ3n) is 3.67. The normalized spacial score (nSPS) is 11.5. The van der Waals surface area contributed by atoms with E-state index in [9.17, 15) is 4.79 Å². The zero-order chi connectivity index (χ0) is 17.7. The molecule has 2 rings (SSSR count). The van der Waals surface area contributed by atoms with Gasteiger partial charge in [0, 0.05) is 4.47 Å². The predicted octanol–water partition coefficient (Wildman–Crippen LogP) is 3.97. The van der Waals surface area contributed by atoms with Crippen molar-refractivity contribution in [1.82, 2.24) is 5.32 Å². The Morgan fingerprint density at radius 3 is 2.33 bits per heavy atom. The molecular weight excluding hydrogens is 374 g/mol. The first-order valence-corrected chi connectivity index (χ1v) is 8.15. The molecule has 2 aromatic rings. The van der Waals surface area contributed by atoms with Crippen molar-refractivity contribution in [3.05, 3.63) is 52.0 Å². The van der Waals surface area contributed by atoms with Crippen molar-refractivity contribution < 1.29 is 19.0 Å². The molecule has 0 saturated heterocycles. The molecule has 0 aromatic heterocycles. The van der Waals surface area contributed by atoms with E-state index < -0.39 is 0 Å². The van der Waals surface area contributed by atoms with Gasteiger partial charge in [0.1, 0.15) is 5.75 Å². The molecule has 1 N–H and O–H groups in total. The molecule has 0 radical (unpaired) electrons. The van der Waals surface area contributed by atoms with E-state index in [0.29, 0.717) is 27.3 Å². The van der Waals surface area contributed by atoms with Crippen LogP contribution in [0.5, 0.6) is 17.2 Å². The number of nitrogens with one attached hydrogen (secondary N) is 1. The Labute approximate surface area is 150 Å². The molecule has 0 bridgehead atoms. The molecule has 0 spiro atoms. The van der Waals surface area contributed by atoms with Gasteiger partial charge in [-0.2, -0.15) is 0 Å². The minimum absolute atomic E-state index is 0.192. The summed E-state index contributed by atoms with van der Waals surface area (Å²) in [6.07, 6.45) is 0. The monoisotopic (exact) mass is 393 g/mol. The molecule has 0 aliphatic rings. The lowest BCUT2D eigenvalue weighted by atomic mass is 10.1. The molecule has 128 valence electrons. The quantitative estimate of drug-likeness (QED) is 0.806. The van der Waals surface area contributed by atoms with Crippen LogP contribution in [0.15, 0.2) is 40.9 Å². The number of ether oxygens (including phenoxy) is 3. The van der Waals surface area contributed by atoms with Crippen LogP contribution < -0.4 is 19.5 Å². The van der Waals surface area contributed by atoms with Gasteiger partial charge < -0.3 is 19.5 Å². The van der Waals surface area contributed by atoms with Crippen LogP contribution in [-0.4, -0.2) is 27.2 Å². The molecule has 24 heavy (non-hydrogen) atoms. The van der Waals surface area contributed by atoms with E-state index in [4.69, 9.17) is 14.2 Å². The minimum Gasteiger partial charge on any atom is -0.497 e. The van der Waals surface area contributed by atoms with Crippen molar-refractivity contribution in [2.24, 2.45) is 0 Å². The number of benzene rings is 2. The molecule has 0 aliphatic carbocycles. The fourth-order valence-electron chi connectivity index (χ4n) is 2.29. The van der Waals surface area contributed by atoms with Crippen molar-refractivity contribution >= 4 is 21.8 Å². The highest BCUT2D eigenvalue weighted by Crippen LogP contribution is 2.30. The number of carbonyl (C=O) groups is 1. The summed E-state index contributed by atoms with van der Waals surface area (Å²) in [5.41, 5.74) is 1.43. The Kier molecular flexibility index (Phi) is 6.09. The maximum atomic E-state index is 12.5. The standard InChI is InChI=1S/C18H20BrNO4/c1-11(12-5-8-16(23-3)17(9-12)24-4)20-18(21)14-10-13(22-2)6-7-15(14)19/h5-11H,1-4H3,(H,20,21). The number of hydrogen-bond donors (Lipinski definition) is 1. The van der Waals surface area contributed by atoms with E-state index in [1.54, 1.807) is 39.5 Å². The lowest BCUT2D eigenvalue weighted by Crippen LogP contribution is -2.27. The van der Waals surface area contributed by atoms with Crippen molar-refractivity contribution in [1.29, 1.82) is 0 Å². The number of amides is 1. The van der Waals surface area contributed by atoms with Crippen molar-refractivity contribution in [2.45, 2.75) is 13.0 Å². The first-order valence-electron chi connectivity index (χ1n) is 7.36. The van der Waals surface area contributed by atoms with E-state index in [0.717, 1.165) is 5.56 Å². The second kappa shape index (κ2) is 8.06. The van der Waals surface area contributed by atoms with Gasteiger partial charge in [0.25, 0.3) is 5.91 Å². The van der Waals surface area contributed by atoms with Crippen LogP contribution in [0.4, 0.5) is 0 Å². The molecule has 2 aromatic carbocycles. The minimum atomic E-state index is -0.199. The third-order valence-corrected chi connectivity index (χ3v) is 4.36. The van der Waals surface area contributed by atoms with Crippen LogP contribution in [0.1, 0.15) is 28.9 Å². The second-order valence-corrected chi connectivity index (χ2v) is 6.01. The van der Waals surface area contributed by atoms with E-state index in [-0.39, 0.29) is 11.9 Å². The summed E-state index contributed by atoms with van der Waals surface area (Å²) < 4.78 is 16.4. The lowest BCUT2D eigenvalue weighted by molar-refractivity contribution is 0.0938. The smallest absolute Gasteiger partial charge is 0.253 e. The highest BCUT2D eigenvalue weighted by Gasteiger charge is 2.16. The average Bonchev–Trinajstić information content (AvgIpc) is 2.61. The van der Waals surface area contributed by atoms with Gasteiger partial charge in [-0.05, 0) is 58.7 Å².